The molecule has 0 aliphatic heterocycles. The molecule has 0 saturated heterocycles. The first-order chi connectivity index (χ1) is 9.54. The molecule has 0 fully saturated rings. The first-order valence-electron chi connectivity index (χ1n) is 6.10. The lowest BCUT2D eigenvalue weighted by molar-refractivity contribution is -0.684. The summed E-state index contributed by atoms with van der Waals surface area (Å²) < 4.78 is 3.42. The normalized spacial score (nSPS) is 9.27. The van der Waals surface area contributed by atoms with Gasteiger partial charge >= 0.3 is 0 Å². The summed E-state index contributed by atoms with van der Waals surface area (Å²) in [6, 6.07) is 7.60. The fourth-order valence-electron chi connectivity index (χ4n) is 1.87. The van der Waals surface area contributed by atoms with Crippen molar-refractivity contribution in [3.63, 3.8) is 0 Å². The molecule has 2 aromatic heterocycles. The number of pyridine rings is 2. The van der Waals surface area contributed by atoms with E-state index < -0.39 is 0 Å². The van der Waals surface area contributed by atoms with Gasteiger partial charge in [0.2, 0.25) is 13.1 Å². The van der Waals surface area contributed by atoms with Crippen LogP contribution in [0.2, 0.25) is 0 Å². The number of halogens is 2. The molecule has 118 valence electrons. The lowest BCUT2D eigenvalue weighted by Gasteiger charge is -2.00. The molecular weight excluding hydrogens is 510 g/mol. The second-order valence-electron chi connectivity index (χ2n) is 4.45. The Hall–Kier alpha value is -1.30. The Kier molecular flexibility index (Phi) is 9.09. The van der Waals surface area contributed by atoms with Crippen LogP contribution in [0.25, 0.3) is 11.1 Å². The number of nitrogens with two attached hydrogens (primary N) is 2. The monoisotopic (exact) mass is 526 g/mol. The molecule has 6 nitrogen and oxygen atoms in total. The van der Waals surface area contributed by atoms with Crippen LogP contribution in [0.4, 0.5) is 0 Å². The second kappa shape index (κ2) is 9.66. The van der Waals surface area contributed by atoms with E-state index in [0.717, 1.165) is 11.1 Å². The van der Waals surface area contributed by atoms with Gasteiger partial charge in [0.15, 0.2) is 24.8 Å². The average molecular weight is 526 g/mol. The number of hydrogen-bond donors (Lipinski definition) is 2. The Morgan fingerprint density at radius 1 is 0.727 bits per heavy atom. The summed E-state index contributed by atoms with van der Waals surface area (Å²) in [4.78, 5) is 21.6. The Bertz CT molecular complexity index is 573. The van der Waals surface area contributed by atoms with Crippen molar-refractivity contribution in [1.82, 2.24) is 0 Å². The number of amides is 2. The third kappa shape index (κ3) is 6.22. The highest BCUT2D eigenvalue weighted by Gasteiger charge is 2.08. The average Bonchev–Trinajstić information content (AvgIpc) is 2.39. The zero-order valence-corrected chi connectivity index (χ0v) is 16.0. The van der Waals surface area contributed by atoms with Gasteiger partial charge in [0, 0.05) is 24.3 Å². The van der Waals surface area contributed by atoms with Crippen LogP contribution in [0.5, 0.6) is 0 Å². The number of carbonyl (C=O) groups is 2. The van der Waals surface area contributed by atoms with E-state index in [9.17, 15) is 9.59 Å². The first-order valence-corrected chi connectivity index (χ1v) is 6.10. The van der Waals surface area contributed by atoms with Crippen molar-refractivity contribution in [3.05, 3.63) is 49.1 Å². The summed E-state index contributed by atoms with van der Waals surface area (Å²) in [5.41, 5.74) is 12.3. The van der Waals surface area contributed by atoms with E-state index in [1.165, 1.54) is 0 Å². The minimum atomic E-state index is -0.380. The molecule has 2 aromatic rings. The lowest BCUT2D eigenvalue weighted by Crippen LogP contribution is -3.00. The van der Waals surface area contributed by atoms with Gasteiger partial charge in [-0.05, 0) is 11.1 Å². The zero-order chi connectivity index (χ0) is 14.5. The molecular formula is C14H16I2N4O2. The number of primary amides is 2. The van der Waals surface area contributed by atoms with E-state index in [1.807, 2.05) is 24.3 Å². The van der Waals surface area contributed by atoms with E-state index in [-0.39, 0.29) is 72.9 Å². The largest absolute Gasteiger partial charge is 1.00 e. The first kappa shape index (κ1) is 20.7. The van der Waals surface area contributed by atoms with Gasteiger partial charge in [0.05, 0.1) is 0 Å². The predicted molar refractivity (Wildman–Crippen MR) is 70.7 cm³/mol. The van der Waals surface area contributed by atoms with Crippen LogP contribution < -0.4 is 68.6 Å². The Balaban J connectivity index is 0.00000220. The summed E-state index contributed by atoms with van der Waals surface area (Å²) in [6.45, 7) is 0.321. The maximum Gasteiger partial charge on any atom is 0.283 e. The van der Waals surface area contributed by atoms with Crippen LogP contribution in [0.3, 0.4) is 0 Å². The van der Waals surface area contributed by atoms with Crippen molar-refractivity contribution in [2.24, 2.45) is 11.5 Å². The number of hydrogen-bond acceptors (Lipinski definition) is 2. The highest BCUT2D eigenvalue weighted by atomic mass is 127. The molecule has 0 atom stereocenters. The minimum absolute atomic E-state index is 0. The van der Waals surface area contributed by atoms with Crippen LogP contribution >= 0.6 is 0 Å². The van der Waals surface area contributed by atoms with E-state index in [2.05, 4.69) is 0 Å². The number of aromatic nitrogens is 2. The predicted octanol–water partition coefficient (Wildman–Crippen LogP) is -7.09. The van der Waals surface area contributed by atoms with E-state index in [4.69, 9.17) is 11.5 Å². The molecule has 2 amide bonds. The molecule has 0 aliphatic carbocycles. The zero-order valence-electron chi connectivity index (χ0n) is 11.7. The summed E-state index contributed by atoms with van der Waals surface area (Å²) in [5.74, 6) is -0.759. The molecule has 4 N–H and O–H groups in total. The maximum atomic E-state index is 10.8. The van der Waals surface area contributed by atoms with Crippen molar-refractivity contribution in [2.75, 3.05) is 0 Å². The molecule has 0 aliphatic rings. The molecule has 0 aromatic carbocycles. The maximum absolute atomic E-state index is 10.8. The molecule has 2 heterocycles. The SMILES string of the molecule is NC(=O)C[n+]1ccc(-c2cc[n+](CC(N)=O)cc2)cc1.[I-].[I-]. The van der Waals surface area contributed by atoms with Crippen molar-refractivity contribution in [1.29, 1.82) is 0 Å². The lowest BCUT2D eigenvalue weighted by atomic mass is 10.1. The van der Waals surface area contributed by atoms with Gasteiger partial charge < -0.3 is 59.4 Å². The molecule has 0 saturated carbocycles. The van der Waals surface area contributed by atoms with E-state index in [1.54, 1.807) is 33.9 Å². The Labute approximate surface area is 162 Å². The summed E-state index contributed by atoms with van der Waals surface area (Å²) >= 11 is 0. The van der Waals surface area contributed by atoms with Crippen LogP contribution in [-0.2, 0) is 22.7 Å². The number of rotatable bonds is 5. The molecule has 22 heavy (non-hydrogen) atoms. The molecule has 8 heteroatoms. The van der Waals surface area contributed by atoms with E-state index >= 15 is 0 Å². The molecule has 0 radical (unpaired) electrons. The quantitative estimate of drug-likeness (QED) is 0.300. The van der Waals surface area contributed by atoms with Crippen LogP contribution in [-0.4, -0.2) is 11.8 Å². The third-order valence-electron chi connectivity index (χ3n) is 2.79. The van der Waals surface area contributed by atoms with Crippen LogP contribution in [0.1, 0.15) is 0 Å². The molecule has 2 rings (SSSR count). The molecule has 0 unspecified atom stereocenters. The summed E-state index contributed by atoms with van der Waals surface area (Å²) in [7, 11) is 0. The minimum Gasteiger partial charge on any atom is -1.00 e. The number of nitrogens with zero attached hydrogens (tertiary/aromatic N) is 2. The van der Waals surface area contributed by atoms with Crippen molar-refractivity contribution in [2.45, 2.75) is 13.1 Å². The van der Waals surface area contributed by atoms with Crippen molar-refractivity contribution in [3.8, 4) is 11.1 Å². The third-order valence-corrected chi connectivity index (χ3v) is 2.79. The fourth-order valence-corrected chi connectivity index (χ4v) is 1.87. The second-order valence-corrected chi connectivity index (χ2v) is 4.45. The highest BCUT2D eigenvalue weighted by Crippen LogP contribution is 2.15. The molecule has 0 bridgehead atoms. The van der Waals surface area contributed by atoms with Gasteiger partial charge in [0.1, 0.15) is 0 Å². The fraction of sp³-hybridized carbons (Fsp3) is 0.143. The molecule has 0 spiro atoms. The van der Waals surface area contributed by atoms with E-state index in [0.29, 0.717) is 0 Å². The van der Waals surface area contributed by atoms with Gasteiger partial charge in [-0.25, -0.2) is 0 Å². The standard InChI is InChI=1S/C14H14N4O2.2HI/c15-13(19)9-17-5-1-11(2-6-17)12-3-7-18(8-4-12)10-14(16)20;;/h1-8H,9-10H2,(H2-2,15,16,19,20);2*1H. The summed E-state index contributed by atoms with van der Waals surface area (Å²) in [6.07, 6.45) is 7.18. The Morgan fingerprint density at radius 3 is 1.23 bits per heavy atom. The Morgan fingerprint density at radius 2 is 1.00 bits per heavy atom. The van der Waals surface area contributed by atoms with Crippen molar-refractivity contribution >= 4 is 11.8 Å². The van der Waals surface area contributed by atoms with Gasteiger partial charge in [-0.2, -0.15) is 9.13 Å². The van der Waals surface area contributed by atoms with Gasteiger partial charge in [0.25, 0.3) is 11.8 Å². The van der Waals surface area contributed by atoms with Gasteiger partial charge in [-0.15, -0.1) is 0 Å². The van der Waals surface area contributed by atoms with Gasteiger partial charge in [-0.1, -0.05) is 0 Å². The highest BCUT2D eigenvalue weighted by molar-refractivity contribution is 5.72. The van der Waals surface area contributed by atoms with Gasteiger partial charge in [-0.3, -0.25) is 9.59 Å². The number of carbonyl (C=O) groups excluding carboxylic acids is 2. The van der Waals surface area contributed by atoms with Crippen LogP contribution in [0.15, 0.2) is 49.1 Å². The smallest absolute Gasteiger partial charge is 0.283 e. The summed E-state index contributed by atoms with van der Waals surface area (Å²) in [5, 5.41) is 0. The van der Waals surface area contributed by atoms with Crippen LogP contribution in [0, 0.1) is 0 Å². The topological polar surface area (TPSA) is 93.9 Å². The van der Waals surface area contributed by atoms with Crippen molar-refractivity contribution < 1.29 is 66.7 Å².